The second kappa shape index (κ2) is 8.25. The molecule has 0 spiro atoms. The molecular weight excluding hydrogens is 409 g/mol. The third-order valence-corrected chi connectivity index (χ3v) is 5.31. The Balaban J connectivity index is 1.41. The van der Waals surface area contributed by atoms with Crippen molar-refractivity contribution in [2.45, 2.75) is 13.3 Å². The third-order valence-electron chi connectivity index (χ3n) is 5.31. The van der Waals surface area contributed by atoms with Gasteiger partial charge in [0.25, 0.3) is 5.91 Å². The number of hydrogen-bond acceptors (Lipinski definition) is 3. The van der Waals surface area contributed by atoms with Gasteiger partial charge in [0.15, 0.2) is 17.5 Å². The minimum atomic E-state index is -1.59. The van der Waals surface area contributed by atoms with Gasteiger partial charge in [-0.3, -0.25) is 14.6 Å². The lowest BCUT2D eigenvalue weighted by Gasteiger charge is -2.16. The number of aromatic nitrogens is 2. The van der Waals surface area contributed by atoms with Crippen molar-refractivity contribution in [3.8, 4) is 11.3 Å². The van der Waals surface area contributed by atoms with Crippen LogP contribution in [-0.2, 0) is 4.79 Å². The number of carbonyl (C=O) groups is 2. The van der Waals surface area contributed by atoms with Gasteiger partial charge in [-0.05, 0) is 37.6 Å². The molecule has 2 N–H and O–H groups in total. The number of nitrogens with one attached hydrogen (secondary N) is 2. The van der Waals surface area contributed by atoms with E-state index in [2.05, 4.69) is 15.3 Å². The van der Waals surface area contributed by atoms with Crippen LogP contribution in [0.15, 0.2) is 42.6 Å². The zero-order chi connectivity index (χ0) is 22.1. The zero-order valence-electron chi connectivity index (χ0n) is 16.6. The van der Waals surface area contributed by atoms with Gasteiger partial charge in [-0.1, -0.05) is 0 Å². The smallest absolute Gasteiger partial charge is 0.270 e. The first-order valence-electron chi connectivity index (χ1n) is 9.69. The Labute approximate surface area is 176 Å². The quantitative estimate of drug-likeness (QED) is 0.619. The van der Waals surface area contributed by atoms with Crippen molar-refractivity contribution in [1.82, 2.24) is 14.9 Å². The lowest BCUT2D eigenvalue weighted by atomic mass is 10.1. The number of amides is 2. The van der Waals surface area contributed by atoms with Gasteiger partial charge in [-0.15, -0.1) is 0 Å². The predicted octanol–water partition coefficient (Wildman–Crippen LogP) is 3.90. The molecule has 1 aliphatic heterocycles. The number of anilines is 1. The highest BCUT2D eigenvalue weighted by Crippen LogP contribution is 2.25. The first kappa shape index (κ1) is 20.6. The van der Waals surface area contributed by atoms with Crippen molar-refractivity contribution in [1.29, 1.82) is 0 Å². The third kappa shape index (κ3) is 4.16. The first-order chi connectivity index (χ1) is 14.8. The number of likely N-dealkylation sites (tertiary alicyclic amines) is 1. The zero-order valence-corrected chi connectivity index (χ0v) is 16.6. The van der Waals surface area contributed by atoms with Crippen LogP contribution in [0, 0.1) is 30.3 Å². The SMILES string of the molecule is Cc1ncccc1-c1ccc(C(=O)N2CC[C@H](C(=O)Nc3cc(F)c(F)c(F)c3)C2)[nH]1. The number of aryl methyl sites for hydroxylation is 1. The maximum atomic E-state index is 13.3. The Bertz CT molecular complexity index is 1140. The van der Waals surface area contributed by atoms with Crippen LogP contribution in [-0.4, -0.2) is 39.8 Å². The van der Waals surface area contributed by atoms with Crippen LogP contribution in [0.25, 0.3) is 11.3 Å². The van der Waals surface area contributed by atoms with E-state index in [-0.39, 0.29) is 18.1 Å². The summed E-state index contributed by atoms with van der Waals surface area (Å²) in [6.07, 6.45) is 2.09. The molecule has 1 atom stereocenters. The number of rotatable bonds is 4. The molecule has 31 heavy (non-hydrogen) atoms. The number of pyridine rings is 1. The largest absolute Gasteiger partial charge is 0.350 e. The topological polar surface area (TPSA) is 78.1 Å². The summed E-state index contributed by atoms with van der Waals surface area (Å²) in [6, 6.07) is 8.63. The van der Waals surface area contributed by atoms with Gasteiger partial charge in [0, 0.05) is 54.1 Å². The van der Waals surface area contributed by atoms with Gasteiger partial charge in [0.05, 0.1) is 5.92 Å². The Hall–Kier alpha value is -3.62. The van der Waals surface area contributed by atoms with E-state index in [1.165, 1.54) is 0 Å². The molecule has 0 saturated carbocycles. The average Bonchev–Trinajstić information content (AvgIpc) is 3.42. The van der Waals surface area contributed by atoms with E-state index >= 15 is 0 Å². The summed E-state index contributed by atoms with van der Waals surface area (Å²) in [5.74, 6) is -5.65. The minimum Gasteiger partial charge on any atom is -0.350 e. The Morgan fingerprint density at radius 2 is 1.90 bits per heavy atom. The molecule has 2 aromatic heterocycles. The predicted molar refractivity (Wildman–Crippen MR) is 108 cm³/mol. The van der Waals surface area contributed by atoms with E-state index in [1.54, 1.807) is 23.2 Å². The minimum absolute atomic E-state index is 0.164. The molecule has 1 aromatic carbocycles. The van der Waals surface area contributed by atoms with Gasteiger partial charge in [-0.2, -0.15) is 0 Å². The lowest BCUT2D eigenvalue weighted by molar-refractivity contribution is -0.119. The number of carbonyl (C=O) groups excluding carboxylic acids is 2. The summed E-state index contributed by atoms with van der Waals surface area (Å²) in [5, 5.41) is 2.39. The van der Waals surface area contributed by atoms with Crippen molar-refractivity contribution in [2.75, 3.05) is 18.4 Å². The van der Waals surface area contributed by atoms with Gasteiger partial charge in [0.2, 0.25) is 5.91 Å². The van der Waals surface area contributed by atoms with Crippen LogP contribution in [0.1, 0.15) is 22.6 Å². The highest BCUT2D eigenvalue weighted by Gasteiger charge is 2.32. The molecule has 9 heteroatoms. The summed E-state index contributed by atoms with van der Waals surface area (Å²) in [4.78, 5) is 34.2. The molecule has 4 rings (SSSR count). The van der Waals surface area contributed by atoms with Crippen molar-refractivity contribution in [2.24, 2.45) is 5.92 Å². The molecule has 1 fully saturated rings. The number of halogens is 3. The number of hydrogen-bond donors (Lipinski definition) is 2. The summed E-state index contributed by atoms with van der Waals surface area (Å²) in [7, 11) is 0. The highest BCUT2D eigenvalue weighted by atomic mass is 19.2. The molecule has 6 nitrogen and oxygen atoms in total. The van der Waals surface area contributed by atoms with Gasteiger partial charge < -0.3 is 15.2 Å². The number of aromatic amines is 1. The summed E-state index contributed by atoms with van der Waals surface area (Å²) < 4.78 is 39.8. The molecule has 0 radical (unpaired) electrons. The van der Waals surface area contributed by atoms with Crippen LogP contribution >= 0.6 is 0 Å². The number of nitrogens with zero attached hydrogens (tertiary/aromatic N) is 2. The monoisotopic (exact) mass is 428 g/mol. The van der Waals surface area contributed by atoms with Crippen molar-refractivity contribution < 1.29 is 22.8 Å². The highest BCUT2D eigenvalue weighted by molar-refractivity contribution is 5.96. The maximum absolute atomic E-state index is 13.3. The summed E-state index contributed by atoms with van der Waals surface area (Å²) in [5.41, 5.74) is 2.70. The van der Waals surface area contributed by atoms with Gasteiger partial charge in [-0.25, -0.2) is 13.2 Å². The van der Waals surface area contributed by atoms with Crippen LogP contribution in [0.4, 0.5) is 18.9 Å². The van der Waals surface area contributed by atoms with E-state index in [0.29, 0.717) is 18.7 Å². The fraction of sp³-hybridized carbons (Fsp3) is 0.227. The number of benzene rings is 1. The van der Waals surface area contributed by atoms with Crippen LogP contribution in [0.2, 0.25) is 0 Å². The van der Waals surface area contributed by atoms with E-state index in [4.69, 9.17) is 0 Å². The number of H-pyrrole nitrogens is 1. The molecule has 1 saturated heterocycles. The van der Waals surface area contributed by atoms with Crippen LogP contribution in [0.3, 0.4) is 0 Å². The molecule has 0 aliphatic carbocycles. The molecule has 2 amide bonds. The molecule has 160 valence electrons. The molecule has 3 aromatic rings. The fourth-order valence-electron chi connectivity index (χ4n) is 3.65. The van der Waals surface area contributed by atoms with Gasteiger partial charge >= 0.3 is 0 Å². The second-order valence-electron chi connectivity index (χ2n) is 7.40. The van der Waals surface area contributed by atoms with Crippen molar-refractivity contribution in [3.63, 3.8) is 0 Å². The Morgan fingerprint density at radius 3 is 2.61 bits per heavy atom. The molecule has 1 aliphatic rings. The van der Waals surface area contributed by atoms with E-state index in [0.717, 1.165) is 29.1 Å². The molecule has 3 heterocycles. The Morgan fingerprint density at radius 1 is 1.16 bits per heavy atom. The average molecular weight is 428 g/mol. The van der Waals surface area contributed by atoms with Crippen molar-refractivity contribution >= 4 is 17.5 Å². The van der Waals surface area contributed by atoms with Gasteiger partial charge in [0.1, 0.15) is 5.69 Å². The lowest BCUT2D eigenvalue weighted by Crippen LogP contribution is -2.31. The van der Waals surface area contributed by atoms with E-state index in [1.807, 2.05) is 19.1 Å². The molecule has 0 bridgehead atoms. The second-order valence-corrected chi connectivity index (χ2v) is 7.40. The Kier molecular flexibility index (Phi) is 5.50. The fourth-order valence-corrected chi connectivity index (χ4v) is 3.65. The van der Waals surface area contributed by atoms with Crippen LogP contribution < -0.4 is 5.32 Å². The summed E-state index contributed by atoms with van der Waals surface area (Å²) in [6.45, 7) is 2.40. The maximum Gasteiger partial charge on any atom is 0.270 e. The standard InChI is InChI=1S/C22H19F3N4O2/c1-12-15(3-2-7-26-12)18-4-5-19(28-18)22(31)29-8-6-13(11-29)21(30)27-14-9-16(23)20(25)17(24)10-14/h2-5,7,9-10,13,28H,6,8,11H2,1H3,(H,27,30)/t13-/m0/s1. The van der Waals surface area contributed by atoms with E-state index < -0.39 is 29.3 Å². The van der Waals surface area contributed by atoms with Crippen molar-refractivity contribution in [3.05, 3.63) is 71.4 Å². The normalized spacial score (nSPS) is 15.9. The summed E-state index contributed by atoms with van der Waals surface area (Å²) >= 11 is 0. The molecule has 0 unspecified atom stereocenters. The first-order valence-corrected chi connectivity index (χ1v) is 9.69. The van der Waals surface area contributed by atoms with Crippen LogP contribution in [0.5, 0.6) is 0 Å². The van der Waals surface area contributed by atoms with E-state index in [9.17, 15) is 22.8 Å². The molecular formula is C22H19F3N4O2.